The van der Waals surface area contributed by atoms with Gasteiger partial charge in [0, 0.05) is 25.9 Å². The molecule has 0 aliphatic heterocycles. The zero-order valence-corrected chi connectivity index (χ0v) is 14.7. The Bertz CT molecular complexity index is 544. The molecule has 1 heterocycles. The summed E-state index contributed by atoms with van der Waals surface area (Å²) in [6, 6.07) is 1.10. The lowest BCUT2D eigenvalue weighted by Gasteiger charge is -2.17. The number of carboxylic acid groups (broad SMARTS) is 1. The fraction of sp³-hybridized carbons (Fsp3) is 0.733. The molecule has 0 bridgehead atoms. The molecule has 5 nitrogen and oxygen atoms in total. The van der Waals surface area contributed by atoms with Gasteiger partial charge in [-0.25, -0.2) is 9.48 Å². The fourth-order valence-corrected chi connectivity index (χ4v) is 3.48. The van der Waals surface area contributed by atoms with Crippen molar-refractivity contribution in [3.63, 3.8) is 0 Å². The van der Waals surface area contributed by atoms with Gasteiger partial charge in [0.15, 0.2) is 5.69 Å². The molecule has 2 rings (SSSR count). The van der Waals surface area contributed by atoms with Gasteiger partial charge in [-0.2, -0.15) is 5.10 Å². The van der Waals surface area contributed by atoms with Crippen molar-refractivity contribution >= 4 is 14.0 Å². The van der Waals surface area contributed by atoms with Gasteiger partial charge in [-0.15, -0.1) is 0 Å². The number of carboxylic acids is 1. The Balaban J connectivity index is 2.08. The van der Waals surface area contributed by atoms with Gasteiger partial charge < -0.3 is 9.84 Å². The van der Waals surface area contributed by atoms with E-state index in [1.807, 2.05) is 0 Å². The first-order valence-electron chi connectivity index (χ1n) is 7.49. The zero-order valence-electron chi connectivity index (χ0n) is 13.7. The summed E-state index contributed by atoms with van der Waals surface area (Å²) in [6.45, 7) is 12.3. The van der Waals surface area contributed by atoms with Crippen molar-refractivity contribution in [3.05, 3.63) is 17.0 Å². The van der Waals surface area contributed by atoms with Gasteiger partial charge in [0.05, 0.1) is 0 Å². The Kier molecular flexibility index (Phi) is 4.30. The number of fused-ring (bicyclic) bond motifs is 1. The molecule has 6 heteroatoms. The van der Waals surface area contributed by atoms with Crippen LogP contribution in [0.5, 0.6) is 0 Å². The van der Waals surface area contributed by atoms with Crippen LogP contribution in [-0.4, -0.2) is 35.5 Å². The first-order chi connectivity index (χ1) is 9.59. The normalized spacial score (nSPS) is 17.0. The molecule has 1 N–H and O–H groups in total. The molecule has 0 saturated carbocycles. The Morgan fingerprint density at radius 1 is 1.38 bits per heavy atom. The van der Waals surface area contributed by atoms with E-state index >= 15 is 0 Å². The van der Waals surface area contributed by atoms with Crippen LogP contribution >= 0.6 is 0 Å². The summed E-state index contributed by atoms with van der Waals surface area (Å²) in [7, 11) is -1.10. The lowest BCUT2D eigenvalue weighted by molar-refractivity contribution is 0.0664. The van der Waals surface area contributed by atoms with Crippen LogP contribution in [0.25, 0.3) is 0 Å². The predicted octanol–water partition coefficient (Wildman–Crippen LogP) is 3.02. The second kappa shape index (κ2) is 5.57. The minimum Gasteiger partial charge on any atom is -0.476 e. The molecule has 1 aromatic heterocycles. The maximum Gasteiger partial charge on any atom is 0.356 e. The summed E-state index contributed by atoms with van der Waals surface area (Å²) < 4.78 is 7.47. The van der Waals surface area contributed by atoms with E-state index in [0.29, 0.717) is 6.73 Å². The van der Waals surface area contributed by atoms with E-state index in [2.05, 4.69) is 38.6 Å². The lowest BCUT2D eigenvalue weighted by Crippen LogP contribution is -2.22. The Morgan fingerprint density at radius 2 is 2.05 bits per heavy atom. The van der Waals surface area contributed by atoms with Crippen LogP contribution in [-0.2, 0) is 24.3 Å². The minimum absolute atomic E-state index is 0.109. The highest BCUT2D eigenvalue weighted by Crippen LogP contribution is 2.37. The van der Waals surface area contributed by atoms with Crippen molar-refractivity contribution in [1.29, 1.82) is 0 Å². The van der Waals surface area contributed by atoms with Crippen LogP contribution in [0, 0.1) is 5.41 Å². The average Bonchev–Trinajstić information content (AvgIpc) is 2.77. The largest absolute Gasteiger partial charge is 0.476 e. The number of aromatic carboxylic acids is 1. The van der Waals surface area contributed by atoms with Crippen molar-refractivity contribution in [2.24, 2.45) is 5.41 Å². The third-order valence-electron chi connectivity index (χ3n) is 3.88. The van der Waals surface area contributed by atoms with Crippen LogP contribution in [0.3, 0.4) is 0 Å². The van der Waals surface area contributed by atoms with E-state index in [-0.39, 0.29) is 11.1 Å². The molecule has 0 atom stereocenters. The maximum absolute atomic E-state index is 11.3. The van der Waals surface area contributed by atoms with Gasteiger partial charge in [0.2, 0.25) is 0 Å². The predicted molar refractivity (Wildman–Crippen MR) is 84.5 cm³/mol. The van der Waals surface area contributed by atoms with E-state index < -0.39 is 14.0 Å². The Hall–Kier alpha value is -1.14. The van der Waals surface area contributed by atoms with Gasteiger partial charge in [-0.3, -0.25) is 0 Å². The first-order valence-corrected chi connectivity index (χ1v) is 11.2. The molecule has 1 aliphatic carbocycles. The van der Waals surface area contributed by atoms with Crippen molar-refractivity contribution in [2.75, 3.05) is 6.61 Å². The van der Waals surface area contributed by atoms with Gasteiger partial charge in [-0.1, -0.05) is 33.5 Å². The van der Waals surface area contributed by atoms with Gasteiger partial charge >= 0.3 is 5.97 Å². The number of hydrogen-bond donors (Lipinski definition) is 1. The number of nitrogens with zero attached hydrogens (tertiary/aromatic N) is 2. The number of ether oxygens (including phenoxy) is 1. The minimum atomic E-state index is -1.10. The van der Waals surface area contributed by atoms with Crippen molar-refractivity contribution in [1.82, 2.24) is 9.78 Å². The van der Waals surface area contributed by atoms with E-state index in [0.717, 1.165) is 36.8 Å². The highest BCUT2D eigenvalue weighted by Gasteiger charge is 2.36. The number of rotatable bonds is 6. The smallest absolute Gasteiger partial charge is 0.356 e. The third-order valence-corrected chi connectivity index (χ3v) is 5.58. The van der Waals surface area contributed by atoms with E-state index in [4.69, 9.17) is 4.74 Å². The Morgan fingerprint density at radius 3 is 2.62 bits per heavy atom. The summed E-state index contributed by atoms with van der Waals surface area (Å²) >= 11 is 0. The molecule has 118 valence electrons. The Labute approximate surface area is 127 Å². The molecular weight excluding hydrogens is 284 g/mol. The van der Waals surface area contributed by atoms with Crippen molar-refractivity contribution < 1.29 is 14.6 Å². The molecule has 0 radical (unpaired) electrons. The molecule has 0 unspecified atom stereocenters. The topological polar surface area (TPSA) is 64.3 Å². The fourth-order valence-electron chi connectivity index (χ4n) is 2.72. The van der Waals surface area contributed by atoms with E-state index in [9.17, 15) is 9.90 Å². The van der Waals surface area contributed by atoms with Crippen LogP contribution in [0.2, 0.25) is 25.7 Å². The summed E-state index contributed by atoms with van der Waals surface area (Å²) in [6.07, 6.45) is 1.64. The summed E-state index contributed by atoms with van der Waals surface area (Å²) in [5.74, 6) is -0.940. The summed E-state index contributed by atoms with van der Waals surface area (Å²) in [5.41, 5.74) is 2.23. The third kappa shape index (κ3) is 3.94. The second-order valence-electron chi connectivity index (χ2n) is 7.94. The molecule has 21 heavy (non-hydrogen) atoms. The highest BCUT2D eigenvalue weighted by molar-refractivity contribution is 6.76. The molecule has 0 spiro atoms. The van der Waals surface area contributed by atoms with Crippen LogP contribution < -0.4 is 0 Å². The average molecular weight is 310 g/mol. The van der Waals surface area contributed by atoms with Gasteiger partial charge in [0.1, 0.15) is 6.73 Å². The van der Waals surface area contributed by atoms with Crippen molar-refractivity contribution in [3.8, 4) is 0 Å². The molecule has 0 saturated heterocycles. The van der Waals surface area contributed by atoms with Gasteiger partial charge in [0.25, 0.3) is 0 Å². The van der Waals surface area contributed by atoms with Crippen LogP contribution in [0.1, 0.15) is 35.6 Å². The molecule has 0 aromatic carbocycles. The van der Waals surface area contributed by atoms with E-state index in [1.165, 1.54) is 0 Å². The molecule has 1 aliphatic rings. The monoisotopic (exact) mass is 310 g/mol. The van der Waals surface area contributed by atoms with Crippen LogP contribution in [0.4, 0.5) is 0 Å². The molecule has 1 aromatic rings. The number of aromatic nitrogens is 2. The number of carbonyl (C=O) groups is 1. The van der Waals surface area contributed by atoms with E-state index in [1.54, 1.807) is 4.68 Å². The molecular formula is C15H26N2O3Si. The highest BCUT2D eigenvalue weighted by atomic mass is 28.3. The van der Waals surface area contributed by atoms with Crippen molar-refractivity contribution in [2.45, 2.75) is 59.1 Å². The lowest BCUT2D eigenvalue weighted by atomic mass is 9.90. The molecule has 0 fully saturated rings. The zero-order chi connectivity index (χ0) is 15.8. The quantitative estimate of drug-likeness (QED) is 0.648. The van der Waals surface area contributed by atoms with Crippen LogP contribution in [0.15, 0.2) is 0 Å². The first kappa shape index (κ1) is 16.2. The molecule has 0 amide bonds. The standard InChI is InChI=1S/C15H26N2O3Si/c1-15(2)8-11-12(9-15)17(16-13(11)14(18)19)10-20-6-7-21(3,4)5/h6-10H2,1-5H3,(H,18,19). The summed E-state index contributed by atoms with van der Waals surface area (Å²) in [4.78, 5) is 11.3. The maximum atomic E-state index is 11.3. The SMILES string of the molecule is CC1(C)Cc2c(C(=O)O)nn(COCC[Si](C)(C)C)c2C1. The summed E-state index contributed by atoms with van der Waals surface area (Å²) in [5, 5.41) is 13.5. The second-order valence-corrected chi connectivity index (χ2v) is 13.6. The van der Waals surface area contributed by atoms with Gasteiger partial charge in [-0.05, 0) is 24.3 Å². The number of hydrogen-bond acceptors (Lipinski definition) is 3.